The number of aryl methyl sites for hydroxylation is 1. The van der Waals surface area contributed by atoms with Crippen molar-refractivity contribution in [3.8, 4) is 0 Å². The molecule has 0 unspecified atom stereocenters. The third kappa shape index (κ3) is 2.87. The molecule has 0 aliphatic heterocycles. The fourth-order valence-corrected chi connectivity index (χ4v) is 2.56. The minimum absolute atomic E-state index is 0.00780. The van der Waals surface area contributed by atoms with Gasteiger partial charge in [-0.05, 0) is 53.4 Å². The van der Waals surface area contributed by atoms with Crippen LogP contribution in [0.2, 0.25) is 0 Å². The molecular weight excluding hydrogens is 282 g/mol. The molecule has 1 aliphatic rings. The molecule has 0 saturated heterocycles. The molecule has 1 aromatic rings. The number of nitrogens with zero attached hydrogens (tertiary/aromatic N) is 1. The summed E-state index contributed by atoms with van der Waals surface area (Å²) < 4.78 is 0.825. The van der Waals surface area contributed by atoms with E-state index < -0.39 is 0 Å². The van der Waals surface area contributed by atoms with Gasteiger partial charge in [-0.1, -0.05) is 6.07 Å². The van der Waals surface area contributed by atoms with E-state index in [1.54, 1.807) is 4.90 Å². The SMILES string of the molecule is Cc1ccc(C(=O)N(CCO)C2CC2)c(Br)c1. The van der Waals surface area contributed by atoms with Crippen molar-refractivity contribution in [1.82, 2.24) is 4.90 Å². The molecule has 0 heterocycles. The molecule has 92 valence electrons. The van der Waals surface area contributed by atoms with Crippen molar-refractivity contribution in [2.45, 2.75) is 25.8 Å². The maximum Gasteiger partial charge on any atom is 0.255 e. The Morgan fingerprint density at radius 1 is 1.53 bits per heavy atom. The van der Waals surface area contributed by atoms with E-state index in [0.717, 1.165) is 22.9 Å². The molecular formula is C13H16BrNO2. The molecule has 0 bridgehead atoms. The number of halogens is 1. The third-order valence-electron chi connectivity index (χ3n) is 2.94. The second kappa shape index (κ2) is 5.19. The highest BCUT2D eigenvalue weighted by molar-refractivity contribution is 9.10. The number of aliphatic hydroxyl groups is 1. The van der Waals surface area contributed by atoms with Crippen molar-refractivity contribution in [3.05, 3.63) is 33.8 Å². The first-order valence-electron chi connectivity index (χ1n) is 5.81. The first-order valence-corrected chi connectivity index (χ1v) is 6.60. The highest BCUT2D eigenvalue weighted by Crippen LogP contribution is 2.29. The number of amides is 1. The Morgan fingerprint density at radius 2 is 2.24 bits per heavy atom. The lowest BCUT2D eigenvalue weighted by Gasteiger charge is -2.22. The monoisotopic (exact) mass is 297 g/mol. The molecule has 4 heteroatoms. The Bertz CT molecular complexity index is 429. The van der Waals surface area contributed by atoms with E-state index in [1.165, 1.54) is 0 Å². The van der Waals surface area contributed by atoms with Gasteiger partial charge in [0.1, 0.15) is 0 Å². The average molecular weight is 298 g/mol. The van der Waals surface area contributed by atoms with Gasteiger partial charge in [0.05, 0.1) is 12.2 Å². The molecule has 1 N–H and O–H groups in total. The first kappa shape index (κ1) is 12.6. The lowest BCUT2D eigenvalue weighted by Crippen LogP contribution is -2.35. The highest BCUT2D eigenvalue weighted by Gasteiger charge is 2.33. The van der Waals surface area contributed by atoms with E-state index in [1.807, 2.05) is 25.1 Å². The van der Waals surface area contributed by atoms with Crippen LogP contribution in [0.1, 0.15) is 28.8 Å². The van der Waals surface area contributed by atoms with Crippen LogP contribution < -0.4 is 0 Å². The van der Waals surface area contributed by atoms with Gasteiger partial charge in [0.15, 0.2) is 0 Å². The van der Waals surface area contributed by atoms with Gasteiger partial charge in [0.25, 0.3) is 5.91 Å². The summed E-state index contributed by atoms with van der Waals surface area (Å²) in [5.41, 5.74) is 1.80. The summed E-state index contributed by atoms with van der Waals surface area (Å²) in [6.45, 7) is 2.43. The Hall–Kier alpha value is -0.870. The number of carbonyl (C=O) groups is 1. The van der Waals surface area contributed by atoms with Gasteiger partial charge in [0, 0.05) is 17.1 Å². The summed E-state index contributed by atoms with van der Waals surface area (Å²) in [4.78, 5) is 14.1. The number of hydrogen-bond acceptors (Lipinski definition) is 2. The second-order valence-corrected chi connectivity index (χ2v) is 5.29. The van der Waals surface area contributed by atoms with Gasteiger partial charge in [-0.15, -0.1) is 0 Å². The second-order valence-electron chi connectivity index (χ2n) is 4.44. The predicted molar refractivity (Wildman–Crippen MR) is 70.0 cm³/mol. The minimum Gasteiger partial charge on any atom is -0.395 e. The zero-order chi connectivity index (χ0) is 12.4. The van der Waals surface area contributed by atoms with E-state index in [9.17, 15) is 4.79 Å². The lowest BCUT2D eigenvalue weighted by molar-refractivity contribution is 0.0706. The maximum absolute atomic E-state index is 12.3. The summed E-state index contributed by atoms with van der Waals surface area (Å²) in [6.07, 6.45) is 2.10. The zero-order valence-corrected chi connectivity index (χ0v) is 11.4. The first-order chi connectivity index (χ1) is 8.13. The summed E-state index contributed by atoms with van der Waals surface area (Å²) in [5.74, 6) is 0.00780. The van der Waals surface area contributed by atoms with Crippen LogP contribution in [0.5, 0.6) is 0 Å². The number of hydrogen-bond donors (Lipinski definition) is 1. The molecule has 0 atom stereocenters. The van der Waals surface area contributed by atoms with Crippen LogP contribution in [-0.4, -0.2) is 35.1 Å². The van der Waals surface area contributed by atoms with Gasteiger partial charge >= 0.3 is 0 Å². The molecule has 2 rings (SSSR count). The van der Waals surface area contributed by atoms with Crippen molar-refractivity contribution in [3.63, 3.8) is 0 Å². The molecule has 0 aromatic heterocycles. The van der Waals surface area contributed by atoms with Gasteiger partial charge in [-0.2, -0.15) is 0 Å². The maximum atomic E-state index is 12.3. The molecule has 0 spiro atoms. The Morgan fingerprint density at radius 3 is 2.76 bits per heavy atom. The highest BCUT2D eigenvalue weighted by atomic mass is 79.9. The van der Waals surface area contributed by atoms with Crippen LogP contribution in [0.4, 0.5) is 0 Å². The van der Waals surface area contributed by atoms with Crippen LogP contribution in [-0.2, 0) is 0 Å². The largest absolute Gasteiger partial charge is 0.395 e. The molecule has 1 aliphatic carbocycles. The van der Waals surface area contributed by atoms with Gasteiger partial charge in [-0.3, -0.25) is 4.79 Å². The predicted octanol–water partition coefficient (Wildman–Crippen LogP) is 2.35. The van der Waals surface area contributed by atoms with E-state index in [-0.39, 0.29) is 12.5 Å². The molecule has 1 amide bonds. The number of benzene rings is 1. The van der Waals surface area contributed by atoms with Crippen LogP contribution in [0.15, 0.2) is 22.7 Å². The van der Waals surface area contributed by atoms with Crippen molar-refractivity contribution in [1.29, 1.82) is 0 Å². The molecule has 1 fully saturated rings. The fraction of sp³-hybridized carbons (Fsp3) is 0.462. The van der Waals surface area contributed by atoms with Crippen molar-refractivity contribution < 1.29 is 9.90 Å². The molecule has 0 radical (unpaired) electrons. The molecule has 17 heavy (non-hydrogen) atoms. The summed E-state index contributed by atoms with van der Waals surface area (Å²) >= 11 is 3.43. The van der Waals surface area contributed by atoms with Crippen LogP contribution >= 0.6 is 15.9 Å². The topological polar surface area (TPSA) is 40.5 Å². The third-order valence-corrected chi connectivity index (χ3v) is 3.60. The number of rotatable bonds is 4. The molecule has 3 nitrogen and oxygen atoms in total. The van der Waals surface area contributed by atoms with Gasteiger partial charge < -0.3 is 10.0 Å². The van der Waals surface area contributed by atoms with Crippen LogP contribution in [0, 0.1) is 6.92 Å². The average Bonchev–Trinajstić information content (AvgIpc) is 3.09. The van der Waals surface area contributed by atoms with Gasteiger partial charge in [-0.25, -0.2) is 0 Å². The lowest BCUT2D eigenvalue weighted by atomic mass is 10.1. The van der Waals surface area contributed by atoms with E-state index in [2.05, 4.69) is 15.9 Å². The quantitative estimate of drug-likeness (QED) is 0.927. The van der Waals surface area contributed by atoms with E-state index in [0.29, 0.717) is 18.2 Å². The number of aliphatic hydroxyl groups excluding tert-OH is 1. The Labute approximate surface area is 110 Å². The van der Waals surface area contributed by atoms with Crippen LogP contribution in [0.25, 0.3) is 0 Å². The smallest absolute Gasteiger partial charge is 0.255 e. The molecule has 1 aromatic carbocycles. The molecule has 1 saturated carbocycles. The van der Waals surface area contributed by atoms with Gasteiger partial charge in [0.2, 0.25) is 0 Å². The summed E-state index contributed by atoms with van der Waals surface area (Å²) in [7, 11) is 0. The normalized spacial score (nSPS) is 14.8. The fourth-order valence-electron chi connectivity index (χ4n) is 1.89. The Balaban J connectivity index is 2.22. The zero-order valence-electron chi connectivity index (χ0n) is 9.82. The van der Waals surface area contributed by atoms with E-state index >= 15 is 0 Å². The summed E-state index contributed by atoms with van der Waals surface area (Å²) in [5, 5.41) is 9.02. The minimum atomic E-state index is 0.00780. The van der Waals surface area contributed by atoms with Crippen LogP contribution in [0.3, 0.4) is 0 Å². The van der Waals surface area contributed by atoms with Crippen molar-refractivity contribution in [2.75, 3.05) is 13.2 Å². The summed E-state index contributed by atoms with van der Waals surface area (Å²) in [6, 6.07) is 6.04. The van der Waals surface area contributed by atoms with Crippen molar-refractivity contribution in [2.24, 2.45) is 0 Å². The van der Waals surface area contributed by atoms with E-state index in [4.69, 9.17) is 5.11 Å². The van der Waals surface area contributed by atoms with Crippen molar-refractivity contribution >= 4 is 21.8 Å². The number of carbonyl (C=O) groups excluding carboxylic acids is 1. The standard InChI is InChI=1S/C13H16BrNO2/c1-9-2-5-11(12(14)8-9)13(17)15(6-7-16)10-3-4-10/h2,5,8,10,16H,3-4,6-7H2,1H3. The Kier molecular flexibility index (Phi) is 3.84.